The van der Waals surface area contributed by atoms with Crippen LogP contribution in [0.2, 0.25) is 5.02 Å². The van der Waals surface area contributed by atoms with Crippen molar-refractivity contribution in [3.05, 3.63) is 55.2 Å². The second-order valence-corrected chi connectivity index (χ2v) is 6.52. The molecule has 25 heavy (non-hydrogen) atoms. The molecule has 134 valence electrons. The van der Waals surface area contributed by atoms with Gasteiger partial charge in [0.25, 0.3) is 5.56 Å². The zero-order chi connectivity index (χ0) is 18.6. The molecule has 2 rings (SSSR count). The van der Waals surface area contributed by atoms with Crippen molar-refractivity contribution in [1.82, 2.24) is 9.55 Å². The molecule has 1 aromatic carbocycles. The summed E-state index contributed by atoms with van der Waals surface area (Å²) in [4.78, 5) is 31.8. The number of aromatic hydroxyl groups is 1. The molecule has 3 N–H and O–H groups in total. The maximum absolute atomic E-state index is 12.1. The predicted molar refractivity (Wildman–Crippen MR) is 98.8 cm³/mol. The van der Waals surface area contributed by atoms with Gasteiger partial charge in [-0.1, -0.05) is 17.7 Å². The van der Waals surface area contributed by atoms with Crippen molar-refractivity contribution >= 4 is 17.8 Å². The van der Waals surface area contributed by atoms with E-state index in [4.69, 9.17) is 11.6 Å². The molecule has 7 nitrogen and oxygen atoms in total. The highest BCUT2D eigenvalue weighted by atomic mass is 35.5. The molecule has 0 aliphatic carbocycles. The van der Waals surface area contributed by atoms with Gasteiger partial charge >= 0.3 is 5.69 Å². The molecule has 0 aliphatic rings. The molecular formula is C17H22ClN4O3+. The van der Waals surface area contributed by atoms with Gasteiger partial charge < -0.3 is 10.0 Å². The first-order chi connectivity index (χ1) is 11.8. The van der Waals surface area contributed by atoms with Gasteiger partial charge in [-0.2, -0.15) is 0 Å². The monoisotopic (exact) mass is 365 g/mol. The molecule has 0 unspecified atom stereocenters. The number of hydrogen-bond donors (Lipinski definition) is 3. The summed E-state index contributed by atoms with van der Waals surface area (Å²) in [5, 5.41) is 10.9. The summed E-state index contributed by atoms with van der Waals surface area (Å²) < 4.78 is 0.998. The molecule has 0 amide bonds. The normalized spacial score (nSPS) is 11.6. The molecular weight excluding hydrogens is 344 g/mol. The van der Waals surface area contributed by atoms with Crippen LogP contribution in [0.4, 0.5) is 0 Å². The van der Waals surface area contributed by atoms with E-state index in [1.807, 2.05) is 21.0 Å². The topological polar surface area (TPSA) is 91.9 Å². The largest absolute Gasteiger partial charge is 0.493 e. The molecule has 0 bridgehead atoms. The third-order valence-corrected chi connectivity index (χ3v) is 4.13. The molecule has 0 spiro atoms. The number of aromatic amines is 1. The first kappa shape index (κ1) is 19.0. The maximum atomic E-state index is 12.1. The molecule has 1 aromatic heterocycles. The number of aliphatic imine (C=N–C) groups is 1. The minimum Gasteiger partial charge on any atom is -0.493 e. The van der Waals surface area contributed by atoms with Crippen LogP contribution in [0.25, 0.3) is 5.69 Å². The SMILES string of the molecule is Cc1ccc(-n2c(O)c(C=NCCC[NH+](C)C)c(=O)[nH]c2=O)cc1Cl. The molecule has 0 radical (unpaired) electrons. The van der Waals surface area contributed by atoms with Crippen LogP contribution in [0.5, 0.6) is 5.88 Å². The number of hydrogen-bond acceptors (Lipinski definition) is 4. The van der Waals surface area contributed by atoms with Crippen molar-refractivity contribution in [3.63, 3.8) is 0 Å². The smallest absolute Gasteiger partial charge is 0.335 e. The quantitative estimate of drug-likeness (QED) is 0.502. The number of aromatic nitrogens is 2. The fourth-order valence-corrected chi connectivity index (χ4v) is 2.47. The van der Waals surface area contributed by atoms with E-state index in [1.165, 1.54) is 11.1 Å². The van der Waals surface area contributed by atoms with Gasteiger partial charge in [0.2, 0.25) is 5.88 Å². The zero-order valence-corrected chi connectivity index (χ0v) is 15.2. The fourth-order valence-electron chi connectivity index (χ4n) is 2.30. The zero-order valence-electron chi connectivity index (χ0n) is 14.5. The van der Waals surface area contributed by atoms with Gasteiger partial charge in [-0.25, -0.2) is 9.36 Å². The second-order valence-electron chi connectivity index (χ2n) is 6.11. The first-order valence-corrected chi connectivity index (χ1v) is 8.32. The Labute approximate surface area is 150 Å². The maximum Gasteiger partial charge on any atom is 0.335 e. The molecule has 2 aromatic rings. The molecule has 0 fully saturated rings. The third-order valence-electron chi connectivity index (χ3n) is 3.72. The average Bonchev–Trinajstić information content (AvgIpc) is 2.52. The summed E-state index contributed by atoms with van der Waals surface area (Å²) in [6.07, 6.45) is 2.15. The van der Waals surface area contributed by atoms with Crippen molar-refractivity contribution < 1.29 is 10.0 Å². The van der Waals surface area contributed by atoms with Crippen molar-refractivity contribution in [2.75, 3.05) is 27.2 Å². The van der Waals surface area contributed by atoms with Crippen molar-refractivity contribution in [2.24, 2.45) is 4.99 Å². The van der Waals surface area contributed by atoms with Crippen LogP contribution in [-0.2, 0) is 0 Å². The minimum atomic E-state index is -0.740. The highest BCUT2D eigenvalue weighted by molar-refractivity contribution is 6.31. The number of rotatable bonds is 6. The average molecular weight is 366 g/mol. The van der Waals surface area contributed by atoms with Crippen LogP contribution >= 0.6 is 11.6 Å². The number of halogens is 1. The lowest BCUT2D eigenvalue weighted by molar-refractivity contribution is -0.858. The number of benzene rings is 1. The lowest BCUT2D eigenvalue weighted by Gasteiger charge is -2.10. The number of quaternary nitrogens is 1. The Morgan fingerprint density at radius 3 is 2.72 bits per heavy atom. The number of nitrogens with one attached hydrogen (secondary N) is 2. The molecule has 0 saturated heterocycles. The Hall–Kier alpha value is -2.38. The van der Waals surface area contributed by atoms with Crippen LogP contribution in [0.15, 0.2) is 32.8 Å². The highest BCUT2D eigenvalue weighted by Crippen LogP contribution is 2.21. The standard InChI is InChI=1S/C17H21ClN4O3/c1-11-5-6-12(9-14(11)18)22-16(24)13(15(23)20-17(22)25)10-19-7-4-8-21(2)3/h5-6,9-10,24H,4,7-8H2,1-3H3,(H,20,23,25)/p+1. The lowest BCUT2D eigenvalue weighted by atomic mass is 10.2. The minimum absolute atomic E-state index is 0.0616. The summed E-state index contributed by atoms with van der Waals surface area (Å²) >= 11 is 6.09. The van der Waals surface area contributed by atoms with E-state index in [2.05, 4.69) is 9.98 Å². The van der Waals surface area contributed by atoms with E-state index in [-0.39, 0.29) is 5.56 Å². The summed E-state index contributed by atoms with van der Waals surface area (Å²) in [6.45, 7) is 3.30. The first-order valence-electron chi connectivity index (χ1n) is 7.95. The Morgan fingerprint density at radius 1 is 1.36 bits per heavy atom. The molecule has 0 saturated carbocycles. The van der Waals surface area contributed by atoms with E-state index >= 15 is 0 Å². The van der Waals surface area contributed by atoms with Crippen LogP contribution < -0.4 is 16.1 Å². The van der Waals surface area contributed by atoms with Crippen LogP contribution in [0.3, 0.4) is 0 Å². The number of nitrogens with zero attached hydrogens (tertiary/aromatic N) is 2. The van der Waals surface area contributed by atoms with Crippen molar-refractivity contribution in [3.8, 4) is 11.6 Å². The van der Waals surface area contributed by atoms with E-state index in [0.717, 1.165) is 23.1 Å². The van der Waals surface area contributed by atoms with Gasteiger partial charge in [-0.3, -0.25) is 14.8 Å². The summed E-state index contributed by atoms with van der Waals surface area (Å²) in [6, 6.07) is 4.92. The van der Waals surface area contributed by atoms with Crippen LogP contribution in [0, 0.1) is 6.92 Å². The van der Waals surface area contributed by atoms with E-state index < -0.39 is 17.1 Å². The van der Waals surface area contributed by atoms with Gasteiger partial charge in [0.15, 0.2) is 0 Å². The third kappa shape index (κ3) is 4.58. The van der Waals surface area contributed by atoms with Gasteiger partial charge in [-0.15, -0.1) is 0 Å². The number of aryl methyl sites for hydroxylation is 1. The number of H-pyrrole nitrogens is 1. The molecule has 0 aliphatic heterocycles. The second kappa shape index (κ2) is 8.13. The van der Waals surface area contributed by atoms with Gasteiger partial charge in [-0.05, 0) is 24.6 Å². The van der Waals surface area contributed by atoms with Gasteiger partial charge in [0.1, 0.15) is 5.56 Å². The molecule has 1 heterocycles. The van der Waals surface area contributed by atoms with E-state index in [9.17, 15) is 14.7 Å². The Kier molecular flexibility index (Phi) is 6.17. The van der Waals surface area contributed by atoms with Crippen molar-refractivity contribution in [1.29, 1.82) is 0 Å². The van der Waals surface area contributed by atoms with Crippen molar-refractivity contribution in [2.45, 2.75) is 13.3 Å². The van der Waals surface area contributed by atoms with Gasteiger partial charge in [0, 0.05) is 24.2 Å². The Balaban J connectivity index is 2.39. The van der Waals surface area contributed by atoms with Crippen LogP contribution in [0.1, 0.15) is 17.5 Å². The summed E-state index contributed by atoms with van der Waals surface area (Å²) in [5.41, 5.74) is -0.282. The molecule has 0 atom stereocenters. The Bertz CT molecular complexity index is 900. The molecule has 8 heteroatoms. The van der Waals surface area contributed by atoms with Crippen LogP contribution in [-0.4, -0.2) is 48.1 Å². The van der Waals surface area contributed by atoms with E-state index in [0.29, 0.717) is 17.3 Å². The Morgan fingerprint density at radius 2 is 2.08 bits per heavy atom. The van der Waals surface area contributed by atoms with Gasteiger partial charge in [0.05, 0.1) is 26.3 Å². The summed E-state index contributed by atoms with van der Waals surface area (Å²) in [7, 11) is 4.09. The fraction of sp³-hybridized carbons (Fsp3) is 0.353. The van der Waals surface area contributed by atoms with E-state index in [1.54, 1.807) is 18.2 Å². The highest BCUT2D eigenvalue weighted by Gasteiger charge is 2.14. The lowest BCUT2D eigenvalue weighted by Crippen LogP contribution is -3.05. The predicted octanol–water partition coefficient (Wildman–Crippen LogP) is 0.147. The summed E-state index contributed by atoms with van der Waals surface area (Å²) in [5.74, 6) is -0.462.